The average molecular weight is 292 g/mol. The number of fused-ring (bicyclic) bond motifs is 1. The van der Waals surface area contributed by atoms with Crippen LogP contribution in [0.25, 0.3) is 0 Å². The van der Waals surface area contributed by atoms with Gasteiger partial charge in [-0.1, -0.05) is 38.5 Å². The van der Waals surface area contributed by atoms with Crippen molar-refractivity contribution in [2.24, 2.45) is 17.8 Å². The van der Waals surface area contributed by atoms with Crippen molar-refractivity contribution >= 4 is 5.78 Å². The largest absolute Gasteiger partial charge is 0.392 e. The van der Waals surface area contributed by atoms with E-state index in [1.165, 1.54) is 0 Å². The lowest BCUT2D eigenvalue weighted by Crippen LogP contribution is -2.23. The van der Waals surface area contributed by atoms with Gasteiger partial charge < -0.3 is 10.2 Å². The van der Waals surface area contributed by atoms with Crippen LogP contribution >= 0.6 is 0 Å². The Kier molecular flexibility index (Phi) is 5.05. The van der Waals surface area contributed by atoms with E-state index in [0.29, 0.717) is 24.8 Å². The zero-order chi connectivity index (χ0) is 15.6. The van der Waals surface area contributed by atoms with Crippen LogP contribution in [0.4, 0.5) is 0 Å². The van der Waals surface area contributed by atoms with Crippen LogP contribution < -0.4 is 0 Å². The number of hydrogen-bond acceptors (Lipinski definition) is 3. The van der Waals surface area contributed by atoms with Gasteiger partial charge in [-0.05, 0) is 44.1 Å². The Labute approximate surface area is 127 Å². The van der Waals surface area contributed by atoms with E-state index in [2.05, 4.69) is 13.5 Å². The molecule has 3 heteroatoms. The highest BCUT2D eigenvalue weighted by Gasteiger charge is 2.49. The molecule has 2 aliphatic carbocycles. The lowest BCUT2D eigenvalue weighted by Gasteiger charge is -2.22. The summed E-state index contributed by atoms with van der Waals surface area (Å²) < 4.78 is 0. The maximum absolute atomic E-state index is 12.0. The second kappa shape index (κ2) is 6.45. The number of aliphatic hydroxyl groups excluding tert-OH is 1. The van der Waals surface area contributed by atoms with E-state index < -0.39 is 11.7 Å². The zero-order valence-electron chi connectivity index (χ0n) is 13.2. The molecule has 0 amide bonds. The minimum absolute atomic E-state index is 0.0279. The summed E-state index contributed by atoms with van der Waals surface area (Å²) in [6, 6.07) is 0. The van der Waals surface area contributed by atoms with Crippen LogP contribution in [-0.4, -0.2) is 27.7 Å². The quantitative estimate of drug-likeness (QED) is 0.584. The van der Waals surface area contributed by atoms with E-state index in [1.54, 1.807) is 0 Å². The normalized spacial score (nSPS) is 35.4. The molecule has 5 atom stereocenters. The highest BCUT2D eigenvalue weighted by atomic mass is 16.3. The number of aliphatic hydroxyl groups is 2. The molecule has 2 N–H and O–H groups in total. The minimum Gasteiger partial charge on any atom is -0.392 e. The van der Waals surface area contributed by atoms with E-state index in [4.69, 9.17) is 0 Å². The first-order valence-electron chi connectivity index (χ1n) is 8.15. The van der Waals surface area contributed by atoms with Gasteiger partial charge in [0.15, 0.2) is 5.78 Å². The molecule has 0 bridgehead atoms. The molecular formula is C18H28O3. The van der Waals surface area contributed by atoms with Gasteiger partial charge >= 0.3 is 0 Å². The van der Waals surface area contributed by atoms with Gasteiger partial charge in [0.25, 0.3) is 0 Å². The van der Waals surface area contributed by atoms with E-state index in [0.717, 1.165) is 19.3 Å². The second-order valence-corrected chi connectivity index (χ2v) is 7.06. The Morgan fingerprint density at radius 2 is 2.19 bits per heavy atom. The van der Waals surface area contributed by atoms with Gasteiger partial charge in [-0.15, -0.1) is 0 Å². The van der Waals surface area contributed by atoms with Gasteiger partial charge in [0, 0.05) is 11.8 Å². The molecule has 2 saturated carbocycles. The van der Waals surface area contributed by atoms with Crippen molar-refractivity contribution in [1.82, 2.24) is 0 Å². The lowest BCUT2D eigenvalue weighted by molar-refractivity contribution is -0.118. The third-order valence-electron chi connectivity index (χ3n) is 5.10. The Morgan fingerprint density at radius 3 is 2.86 bits per heavy atom. The maximum atomic E-state index is 12.0. The van der Waals surface area contributed by atoms with Crippen LogP contribution in [0.3, 0.4) is 0 Å². The fraction of sp³-hybridized carbons (Fsp3) is 0.722. The highest BCUT2D eigenvalue weighted by molar-refractivity contribution is 5.99. The minimum atomic E-state index is -0.676. The predicted molar refractivity (Wildman–Crippen MR) is 83.8 cm³/mol. The molecule has 118 valence electrons. The first-order valence-corrected chi connectivity index (χ1v) is 8.15. The highest BCUT2D eigenvalue weighted by Crippen LogP contribution is 2.48. The number of ketones is 1. The van der Waals surface area contributed by atoms with Gasteiger partial charge in [-0.2, -0.15) is 0 Å². The summed E-state index contributed by atoms with van der Waals surface area (Å²) in [5, 5.41) is 20.4. The third kappa shape index (κ3) is 3.64. The summed E-state index contributed by atoms with van der Waals surface area (Å²) in [4.78, 5) is 12.0. The number of unbranched alkanes of at least 4 members (excludes halogenated alkanes) is 1. The molecule has 0 spiro atoms. The van der Waals surface area contributed by atoms with Crippen molar-refractivity contribution in [3.63, 3.8) is 0 Å². The molecule has 0 heterocycles. The van der Waals surface area contributed by atoms with Crippen LogP contribution in [0.2, 0.25) is 0 Å². The van der Waals surface area contributed by atoms with Crippen LogP contribution in [-0.2, 0) is 4.79 Å². The molecule has 0 unspecified atom stereocenters. The van der Waals surface area contributed by atoms with E-state index >= 15 is 0 Å². The zero-order valence-corrected chi connectivity index (χ0v) is 13.2. The summed E-state index contributed by atoms with van der Waals surface area (Å²) in [5.41, 5.74) is 0.0372. The number of carbonyl (C=O) groups excluding carboxylic acids is 1. The Hall–Kier alpha value is -0.930. The molecule has 0 aliphatic heterocycles. The molecular weight excluding hydrogens is 264 g/mol. The van der Waals surface area contributed by atoms with Gasteiger partial charge in [0.2, 0.25) is 0 Å². The Bertz CT molecular complexity index is 436. The third-order valence-corrected chi connectivity index (χ3v) is 5.10. The summed E-state index contributed by atoms with van der Waals surface area (Å²) in [7, 11) is 0. The molecule has 0 aromatic carbocycles. The fourth-order valence-corrected chi connectivity index (χ4v) is 3.78. The molecule has 0 saturated heterocycles. The van der Waals surface area contributed by atoms with Crippen molar-refractivity contribution in [1.29, 1.82) is 0 Å². The Morgan fingerprint density at radius 1 is 1.48 bits per heavy atom. The smallest absolute Gasteiger partial charge is 0.161 e. The van der Waals surface area contributed by atoms with Crippen molar-refractivity contribution in [2.75, 3.05) is 0 Å². The summed E-state index contributed by atoms with van der Waals surface area (Å²) in [5.74, 6) is 0.338. The number of allylic oxidation sites excluding steroid dienone is 1. The molecule has 21 heavy (non-hydrogen) atoms. The van der Waals surface area contributed by atoms with Gasteiger partial charge in [-0.3, -0.25) is 4.79 Å². The molecule has 0 radical (unpaired) electrons. The van der Waals surface area contributed by atoms with E-state index in [1.807, 2.05) is 19.1 Å². The Balaban J connectivity index is 1.94. The average Bonchev–Trinajstić information content (AvgIpc) is 2.86. The molecule has 2 rings (SSSR count). The summed E-state index contributed by atoms with van der Waals surface area (Å²) >= 11 is 0. The predicted octanol–water partition coefficient (Wildman–Crippen LogP) is 3.02. The maximum Gasteiger partial charge on any atom is 0.161 e. The SMILES string of the molecule is C=C1C[C@H]2[C@H](C=CC[C@@](C)(O)CCCC)[C@H](O)C[C@@H]2C1=O. The van der Waals surface area contributed by atoms with Gasteiger partial charge in [0.05, 0.1) is 11.7 Å². The molecule has 2 fully saturated rings. The van der Waals surface area contributed by atoms with Crippen molar-refractivity contribution in [3.8, 4) is 0 Å². The van der Waals surface area contributed by atoms with Crippen molar-refractivity contribution in [3.05, 3.63) is 24.3 Å². The topological polar surface area (TPSA) is 57.5 Å². The number of Topliss-reactive ketones (excluding diaryl/α,β-unsaturated/α-hetero) is 1. The molecule has 0 aromatic rings. The summed E-state index contributed by atoms with van der Waals surface area (Å²) in [6.07, 6.45) is 8.32. The molecule has 0 aromatic heterocycles. The van der Waals surface area contributed by atoms with Gasteiger partial charge in [-0.25, -0.2) is 0 Å². The lowest BCUT2D eigenvalue weighted by atomic mass is 9.89. The first kappa shape index (κ1) is 16.4. The number of rotatable bonds is 6. The van der Waals surface area contributed by atoms with Crippen LogP contribution in [0.1, 0.15) is 52.4 Å². The van der Waals surface area contributed by atoms with Crippen molar-refractivity contribution < 1.29 is 15.0 Å². The molecule has 2 aliphatic rings. The number of carbonyl (C=O) groups is 1. The van der Waals surface area contributed by atoms with E-state index in [-0.39, 0.29) is 23.5 Å². The van der Waals surface area contributed by atoms with E-state index in [9.17, 15) is 15.0 Å². The van der Waals surface area contributed by atoms with Gasteiger partial charge in [0.1, 0.15) is 0 Å². The summed E-state index contributed by atoms with van der Waals surface area (Å²) in [6.45, 7) is 7.81. The first-order chi connectivity index (χ1) is 9.85. The van der Waals surface area contributed by atoms with Crippen LogP contribution in [0, 0.1) is 17.8 Å². The molecule has 3 nitrogen and oxygen atoms in total. The standard InChI is InChI=1S/C18H28O3/c1-4-5-8-18(3,21)9-6-7-13-14-10-12(2)17(20)15(14)11-16(13)19/h6-7,13-16,19,21H,2,4-5,8-11H2,1,3H3/t13-,14-,15-,16+,18-/m0/s1. The van der Waals surface area contributed by atoms with Crippen molar-refractivity contribution in [2.45, 2.75) is 64.1 Å². The van der Waals surface area contributed by atoms with Crippen LogP contribution in [0.15, 0.2) is 24.3 Å². The second-order valence-electron chi connectivity index (χ2n) is 7.06. The monoisotopic (exact) mass is 292 g/mol. The van der Waals surface area contributed by atoms with Crippen LogP contribution in [0.5, 0.6) is 0 Å². The fourth-order valence-electron chi connectivity index (χ4n) is 3.78. The number of hydrogen-bond donors (Lipinski definition) is 2.